The monoisotopic (exact) mass is 405 g/mol. The molecule has 1 heterocycles. The zero-order chi connectivity index (χ0) is 19.0. The van der Waals surface area contributed by atoms with E-state index in [1.165, 1.54) is 12.1 Å². The molecule has 0 atom stereocenters. The minimum absolute atomic E-state index is 0.0815. The van der Waals surface area contributed by atoms with Gasteiger partial charge in [-0.1, -0.05) is 23.2 Å². The highest BCUT2D eigenvalue weighted by molar-refractivity contribution is 6.33. The van der Waals surface area contributed by atoms with E-state index in [-0.39, 0.29) is 29.1 Å². The molecular formula is C19H14Cl2FN3O2. The van der Waals surface area contributed by atoms with Crippen LogP contribution in [-0.2, 0) is 6.54 Å². The fraction of sp³-hybridized carbons (Fsp3) is 0.211. The summed E-state index contributed by atoms with van der Waals surface area (Å²) in [5, 5.41) is 8.77. The molecule has 0 radical (unpaired) electrons. The van der Waals surface area contributed by atoms with E-state index < -0.39 is 5.82 Å². The molecule has 1 amide bonds. The van der Waals surface area contributed by atoms with Gasteiger partial charge in [-0.3, -0.25) is 4.79 Å². The van der Waals surface area contributed by atoms with Gasteiger partial charge in [0.2, 0.25) is 11.8 Å². The van der Waals surface area contributed by atoms with Gasteiger partial charge in [0, 0.05) is 16.6 Å². The third kappa shape index (κ3) is 3.96. The van der Waals surface area contributed by atoms with Gasteiger partial charge < -0.3 is 9.32 Å². The van der Waals surface area contributed by atoms with Gasteiger partial charge in [0.25, 0.3) is 5.91 Å². The maximum Gasteiger partial charge on any atom is 0.256 e. The number of nitrogens with zero attached hydrogens (tertiary/aromatic N) is 3. The topological polar surface area (TPSA) is 59.2 Å². The number of rotatable bonds is 5. The van der Waals surface area contributed by atoms with Crippen LogP contribution in [0.15, 0.2) is 46.9 Å². The Hall–Kier alpha value is -2.44. The number of carbonyl (C=O) groups is 1. The molecule has 1 fully saturated rings. The van der Waals surface area contributed by atoms with Gasteiger partial charge in [0.15, 0.2) is 0 Å². The zero-order valence-electron chi connectivity index (χ0n) is 14.0. The Bertz CT molecular complexity index is 987. The summed E-state index contributed by atoms with van der Waals surface area (Å²) in [7, 11) is 0. The summed E-state index contributed by atoms with van der Waals surface area (Å²) in [5.74, 6) is -0.101. The van der Waals surface area contributed by atoms with Crippen LogP contribution in [0.1, 0.15) is 29.1 Å². The van der Waals surface area contributed by atoms with Crippen LogP contribution >= 0.6 is 23.2 Å². The van der Waals surface area contributed by atoms with E-state index in [9.17, 15) is 9.18 Å². The second kappa shape index (κ2) is 7.29. The summed E-state index contributed by atoms with van der Waals surface area (Å²) in [6, 6.07) is 10.9. The minimum Gasteiger partial charge on any atom is -0.419 e. The molecule has 1 saturated carbocycles. The summed E-state index contributed by atoms with van der Waals surface area (Å²) < 4.78 is 19.0. The molecule has 5 nitrogen and oxygen atoms in total. The summed E-state index contributed by atoms with van der Waals surface area (Å²) in [6.07, 6.45) is 1.78. The second-order valence-corrected chi connectivity index (χ2v) is 7.14. The number of benzene rings is 2. The Morgan fingerprint density at radius 3 is 2.56 bits per heavy atom. The van der Waals surface area contributed by atoms with E-state index in [4.69, 9.17) is 27.6 Å². The molecule has 0 saturated heterocycles. The first-order valence-electron chi connectivity index (χ1n) is 8.35. The number of aromatic nitrogens is 2. The van der Waals surface area contributed by atoms with Gasteiger partial charge in [0.05, 0.1) is 17.1 Å². The first kappa shape index (κ1) is 17.9. The predicted octanol–water partition coefficient (Wildman–Crippen LogP) is 4.99. The van der Waals surface area contributed by atoms with Crippen molar-refractivity contribution in [2.75, 3.05) is 0 Å². The molecule has 0 N–H and O–H groups in total. The fourth-order valence-electron chi connectivity index (χ4n) is 2.74. The number of hydrogen-bond donors (Lipinski definition) is 0. The van der Waals surface area contributed by atoms with Crippen LogP contribution in [0.4, 0.5) is 4.39 Å². The predicted molar refractivity (Wildman–Crippen MR) is 99.0 cm³/mol. The number of amides is 1. The molecule has 1 aliphatic carbocycles. The van der Waals surface area contributed by atoms with Crippen LogP contribution in [0.2, 0.25) is 10.0 Å². The molecular weight excluding hydrogens is 392 g/mol. The largest absolute Gasteiger partial charge is 0.419 e. The smallest absolute Gasteiger partial charge is 0.256 e. The molecule has 2 aromatic carbocycles. The van der Waals surface area contributed by atoms with E-state index in [2.05, 4.69) is 10.2 Å². The molecule has 3 aromatic rings. The third-order valence-electron chi connectivity index (χ3n) is 4.27. The average Bonchev–Trinajstić information content (AvgIpc) is 3.38. The lowest BCUT2D eigenvalue weighted by Gasteiger charge is -2.21. The van der Waals surface area contributed by atoms with Gasteiger partial charge >= 0.3 is 0 Å². The maximum absolute atomic E-state index is 13.3. The van der Waals surface area contributed by atoms with Crippen molar-refractivity contribution in [3.63, 3.8) is 0 Å². The van der Waals surface area contributed by atoms with Gasteiger partial charge in [-0.2, -0.15) is 0 Å². The van der Waals surface area contributed by atoms with Crippen molar-refractivity contribution < 1.29 is 13.6 Å². The molecule has 27 heavy (non-hydrogen) atoms. The Morgan fingerprint density at radius 1 is 1.15 bits per heavy atom. The van der Waals surface area contributed by atoms with Crippen molar-refractivity contribution in [2.24, 2.45) is 0 Å². The van der Waals surface area contributed by atoms with Crippen LogP contribution < -0.4 is 0 Å². The molecule has 1 aliphatic rings. The fourth-order valence-corrected chi connectivity index (χ4v) is 3.12. The normalized spacial score (nSPS) is 13.6. The minimum atomic E-state index is -0.487. The van der Waals surface area contributed by atoms with Crippen molar-refractivity contribution in [3.8, 4) is 11.5 Å². The van der Waals surface area contributed by atoms with Crippen LogP contribution in [-0.4, -0.2) is 27.0 Å². The molecule has 0 unspecified atom stereocenters. The molecule has 8 heteroatoms. The van der Waals surface area contributed by atoms with Crippen LogP contribution in [0.5, 0.6) is 0 Å². The summed E-state index contributed by atoms with van der Waals surface area (Å²) in [6.45, 7) is 0.164. The van der Waals surface area contributed by atoms with E-state index in [0.717, 1.165) is 24.5 Å². The second-order valence-electron chi connectivity index (χ2n) is 6.30. The Kier molecular flexibility index (Phi) is 4.85. The molecule has 138 valence electrons. The van der Waals surface area contributed by atoms with Crippen molar-refractivity contribution in [3.05, 3.63) is 69.8 Å². The van der Waals surface area contributed by atoms with E-state index in [0.29, 0.717) is 16.8 Å². The standard InChI is InChI=1S/C19H14Cl2FN3O2/c20-12-3-1-11(2-4-12)18-24-23-17(27-18)10-25(14-6-7-14)19(26)15-8-5-13(22)9-16(15)21/h1-5,8-9,14H,6-7,10H2. The van der Waals surface area contributed by atoms with E-state index in [1.54, 1.807) is 29.2 Å². The van der Waals surface area contributed by atoms with E-state index >= 15 is 0 Å². The first-order valence-corrected chi connectivity index (χ1v) is 9.11. The van der Waals surface area contributed by atoms with Gasteiger partial charge in [0.1, 0.15) is 5.82 Å². The SMILES string of the molecule is O=C(c1ccc(F)cc1Cl)N(Cc1nnc(-c2ccc(Cl)cc2)o1)C1CC1. The quantitative estimate of drug-likeness (QED) is 0.599. The molecule has 1 aromatic heterocycles. The third-order valence-corrected chi connectivity index (χ3v) is 4.84. The lowest BCUT2D eigenvalue weighted by Crippen LogP contribution is -2.33. The van der Waals surface area contributed by atoms with Crippen LogP contribution in [0.3, 0.4) is 0 Å². The highest BCUT2D eigenvalue weighted by Crippen LogP contribution is 2.31. The van der Waals surface area contributed by atoms with Crippen molar-refractivity contribution >= 4 is 29.1 Å². The Morgan fingerprint density at radius 2 is 1.89 bits per heavy atom. The number of carbonyl (C=O) groups excluding carboxylic acids is 1. The molecule has 0 bridgehead atoms. The average molecular weight is 406 g/mol. The van der Waals surface area contributed by atoms with Crippen molar-refractivity contribution in [1.82, 2.24) is 15.1 Å². The Balaban J connectivity index is 1.56. The summed E-state index contributed by atoms with van der Waals surface area (Å²) >= 11 is 11.9. The number of halogens is 3. The summed E-state index contributed by atoms with van der Waals surface area (Å²) in [4.78, 5) is 14.5. The lowest BCUT2D eigenvalue weighted by atomic mass is 10.2. The highest BCUT2D eigenvalue weighted by atomic mass is 35.5. The number of hydrogen-bond acceptors (Lipinski definition) is 4. The Labute approximate surface area is 164 Å². The maximum atomic E-state index is 13.3. The highest BCUT2D eigenvalue weighted by Gasteiger charge is 2.35. The zero-order valence-corrected chi connectivity index (χ0v) is 15.5. The molecule has 0 spiro atoms. The van der Waals surface area contributed by atoms with Gasteiger partial charge in [-0.05, 0) is 55.3 Å². The van der Waals surface area contributed by atoms with Crippen LogP contribution in [0.25, 0.3) is 11.5 Å². The van der Waals surface area contributed by atoms with E-state index in [1.807, 2.05) is 0 Å². The van der Waals surface area contributed by atoms with Gasteiger partial charge in [-0.25, -0.2) is 4.39 Å². The van der Waals surface area contributed by atoms with Gasteiger partial charge in [-0.15, -0.1) is 10.2 Å². The van der Waals surface area contributed by atoms with Crippen molar-refractivity contribution in [1.29, 1.82) is 0 Å². The molecule has 4 rings (SSSR count). The molecule has 0 aliphatic heterocycles. The van der Waals surface area contributed by atoms with Crippen molar-refractivity contribution in [2.45, 2.75) is 25.4 Å². The summed E-state index contributed by atoms with van der Waals surface area (Å²) in [5.41, 5.74) is 0.992. The van der Waals surface area contributed by atoms with Crippen LogP contribution in [0, 0.1) is 5.82 Å². The lowest BCUT2D eigenvalue weighted by molar-refractivity contribution is 0.0714. The first-order chi connectivity index (χ1) is 13.0.